The van der Waals surface area contributed by atoms with E-state index in [1.165, 1.54) is 25.7 Å². The van der Waals surface area contributed by atoms with Crippen LogP contribution in [0.25, 0.3) is 0 Å². The van der Waals surface area contributed by atoms with Crippen LogP contribution in [-0.2, 0) is 13.5 Å². The topological polar surface area (TPSA) is 47.1 Å². The summed E-state index contributed by atoms with van der Waals surface area (Å²) in [5.41, 5.74) is 7.93. The average molecular weight is 264 g/mol. The predicted octanol–water partition coefficient (Wildman–Crippen LogP) is 1.94. The molecule has 1 unspecified atom stereocenters. The number of nitrogens with zero attached hydrogens (tertiary/aromatic N) is 3. The van der Waals surface area contributed by atoms with Gasteiger partial charge in [0.15, 0.2) is 0 Å². The Balaban J connectivity index is 2.14. The molecule has 1 saturated carbocycles. The summed E-state index contributed by atoms with van der Waals surface area (Å²) in [4.78, 5) is 2.58. The molecule has 0 spiro atoms. The molecule has 0 saturated heterocycles. The minimum Gasteiger partial charge on any atom is -0.326 e. The summed E-state index contributed by atoms with van der Waals surface area (Å²) >= 11 is 0. The average Bonchev–Trinajstić information content (AvgIpc) is 3.01. The second-order valence-electron chi connectivity index (χ2n) is 5.77. The van der Waals surface area contributed by atoms with Gasteiger partial charge in [0.25, 0.3) is 0 Å². The lowest BCUT2D eigenvalue weighted by Crippen LogP contribution is -2.59. The van der Waals surface area contributed by atoms with Crippen LogP contribution in [0.2, 0.25) is 0 Å². The maximum atomic E-state index is 6.62. The Hall–Kier alpha value is -0.870. The van der Waals surface area contributed by atoms with Crippen LogP contribution in [0.5, 0.6) is 0 Å². The lowest BCUT2D eigenvalue weighted by Gasteiger charge is -2.44. The van der Waals surface area contributed by atoms with Gasteiger partial charge in [-0.1, -0.05) is 26.7 Å². The first kappa shape index (κ1) is 14.5. The van der Waals surface area contributed by atoms with Crippen molar-refractivity contribution in [1.82, 2.24) is 14.7 Å². The second-order valence-corrected chi connectivity index (χ2v) is 5.77. The van der Waals surface area contributed by atoms with Gasteiger partial charge < -0.3 is 5.73 Å². The van der Waals surface area contributed by atoms with Crippen molar-refractivity contribution >= 4 is 0 Å². The molecule has 4 nitrogen and oxygen atoms in total. The molecule has 0 aromatic carbocycles. The molecule has 0 radical (unpaired) electrons. The Bertz CT molecular complexity index is 389. The van der Waals surface area contributed by atoms with Crippen LogP contribution in [0.1, 0.15) is 45.2 Å². The monoisotopic (exact) mass is 264 g/mol. The third-order valence-electron chi connectivity index (χ3n) is 4.75. The molecule has 0 bridgehead atoms. The van der Waals surface area contributed by atoms with Crippen molar-refractivity contribution in [3.63, 3.8) is 0 Å². The number of rotatable bonds is 6. The fourth-order valence-corrected chi connectivity index (χ4v) is 3.75. The van der Waals surface area contributed by atoms with Gasteiger partial charge in [0.2, 0.25) is 0 Å². The number of aromatic nitrogens is 2. The minimum atomic E-state index is 0.185. The van der Waals surface area contributed by atoms with Crippen LogP contribution >= 0.6 is 0 Å². The summed E-state index contributed by atoms with van der Waals surface area (Å²) in [6.07, 6.45) is 7.99. The maximum Gasteiger partial charge on any atom is 0.0640 e. The van der Waals surface area contributed by atoms with Gasteiger partial charge in [-0.05, 0) is 32.0 Å². The molecule has 0 amide bonds. The molecule has 1 aliphatic rings. The number of hydrogen-bond acceptors (Lipinski definition) is 3. The predicted molar refractivity (Wildman–Crippen MR) is 79.0 cm³/mol. The van der Waals surface area contributed by atoms with Crippen LogP contribution in [0, 0.1) is 0 Å². The van der Waals surface area contributed by atoms with E-state index < -0.39 is 0 Å². The van der Waals surface area contributed by atoms with E-state index in [-0.39, 0.29) is 11.6 Å². The second kappa shape index (κ2) is 6.06. The van der Waals surface area contributed by atoms with E-state index in [1.54, 1.807) is 0 Å². The van der Waals surface area contributed by atoms with E-state index in [4.69, 9.17) is 5.73 Å². The van der Waals surface area contributed by atoms with E-state index in [2.05, 4.69) is 29.9 Å². The lowest BCUT2D eigenvalue weighted by molar-refractivity contribution is 0.0768. The zero-order valence-corrected chi connectivity index (χ0v) is 12.6. The number of likely N-dealkylation sites (N-methyl/N-ethyl adjacent to an activating group) is 1. The molecule has 108 valence electrons. The normalized spacial score (nSPS) is 20.1. The Morgan fingerprint density at radius 1 is 1.37 bits per heavy atom. The summed E-state index contributed by atoms with van der Waals surface area (Å²) < 4.78 is 1.86. The quantitative estimate of drug-likeness (QED) is 0.854. The first-order valence-corrected chi connectivity index (χ1v) is 7.61. The van der Waals surface area contributed by atoms with Crippen molar-refractivity contribution in [3.8, 4) is 0 Å². The summed E-state index contributed by atoms with van der Waals surface area (Å²) in [6, 6.07) is 2.27. The molecule has 1 heterocycles. The van der Waals surface area contributed by atoms with Crippen LogP contribution in [0.15, 0.2) is 12.3 Å². The van der Waals surface area contributed by atoms with Crippen LogP contribution in [-0.4, -0.2) is 39.4 Å². The van der Waals surface area contributed by atoms with Gasteiger partial charge in [-0.3, -0.25) is 9.58 Å². The SMILES string of the molecule is CCN(CC)C1(C(N)Cc2ccn(C)n2)CCCC1. The molecule has 19 heavy (non-hydrogen) atoms. The Morgan fingerprint density at radius 3 is 2.47 bits per heavy atom. The highest BCUT2D eigenvalue weighted by Gasteiger charge is 2.43. The van der Waals surface area contributed by atoms with Crippen molar-refractivity contribution in [2.75, 3.05) is 13.1 Å². The third kappa shape index (κ3) is 2.84. The first-order valence-electron chi connectivity index (χ1n) is 7.61. The number of nitrogens with two attached hydrogens (primary N) is 1. The van der Waals surface area contributed by atoms with E-state index in [0.29, 0.717) is 0 Å². The zero-order valence-electron chi connectivity index (χ0n) is 12.6. The summed E-state index contributed by atoms with van der Waals surface area (Å²) in [7, 11) is 1.96. The molecule has 1 fully saturated rings. The summed E-state index contributed by atoms with van der Waals surface area (Å²) in [5, 5.41) is 4.48. The van der Waals surface area contributed by atoms with Crippen LogP contribution in [0.3, 0.4) is 0 Å². The molecule has 2 N–H and O–H groups in total. The smallest absolute Gasteiger partial charge is 0.0640 e. The van der Waals surface area contributed by atoms with Crippen molar-refractivity contribution in [2.45, 2.75) is 57.5 Å². The van der Waals surface area contributed by atoms with Gasteiger partial charge in [0.05, 0.1) is 5.69 Å². The van der Waals surface area contributed by atoms with Gasteiger partial charge in [-0.2, -0.15) is 5.10 Å². The number of hydrogen-bond donors (Lipinski definition) is 1. The molecule has 4 heteroatoms. The van der Waals surface area contributed by atoms with Crippen molar-refractivity contribution in [3.05, 3.63) is 18.0 Å². The van der Waals surface area contributed by atoms with Gasteiger partial charge in [0, 0.05) is 31.2 Å². The van der Waals surface area contributed by atoms with Gasteiger partial charge in [-0.15, -0.1) is 0 Å². The standard InChI is InChI=1S/C15H28N4/c1-4-19(5-2)15(9-6-7-10-15)14(16)12-13-8-11-18(3)17-13/h8,11,14H,4-7,9-10,12,16H2,1-3H3. The Labute approximate surface area is 117 Å². The summed E-state index contributed by atoms with van der Waals surface area (Å²) in [5.74, 6) is 0. The third-order valence-corrected chi connectivity index (χ3v) is 4.75. The van der Waals surface area contributed by atoms with E-state index in [9.17, 15) is 0 Å². The maximum absolute atomic E-state index is 6.62. The molecule has 1 atom stereocenters. The molecule has 1 aromatic rings. The molecular weight excluding hydrogens is 236 g/mol. The first-order chi connectivity index (χ1) is 9.12. The Morgan fingerprint density at radius 2 is 2.00 bits per heavy atom. The van der Waals surface area contributed by atoms with Crippen LogP contribution in [0.4, 0.5) is 0 Å². The van der Waals surface area contributed by atoms with Gasteiger partial charge in [0.1, 0.15) is 0 Å². The number of aryl methyl sites for hydroxylation is 1. The highest BCUT2D eigenvalue weighted by atomic mass is 15.3. The molecule has 2 rings (SSSR count). The van der Waals surface area contributed by atoms with Crippen molar-refractivity contribution < 1.29 is 0 Å². The molecular formula is C15H28N4. The van der Waals surface area contributed by atoms with E-state index >= 15 is 0 Å². The van der Waals surface area contributed by atoms with E-state index in [0.717, 1.165) is 25.2 Å². The van der Waals surface area contributed by atoms with Crippen LogP contribution < -0.4 is 5.73 Å². The highest BCUT2D eigenvalue weighted by molar-refractivity contribution is 5.09. The lowest BCUT2D eigenvalue weighted by atomic mass is 9.84. The van der Waals surface area contributed by atoms with Crippen molar-refractivity contribution in [1.29, 1.82) is 0 Å². The van der Waals surface area contributed by atoms with Crippen molar-refractivity contribution in [2.24, 2.45) is 12.8 Å². The fraction of sp³-hybridized carbons (Fsp3) is 0.800. The highest BCUT2D eigenvalue weighted by Crippen LogP contribution is 2.38. The molecule has 1 aliphatic carbocycles. The van der Waals surface area contributed by atoms with Gasteiger partial charge in [-0.25, -0.2) is 0 Å². The Kier molecular flexibility index (Phi) is 4.63. The van der Waals surface area contributed by atoms with E-state index in [1.807, 2.05) is 17.9 Å². The zero-order chi connectivity index (χ0) is 13.9. The summed E-state index contributed by atoms with van der Waals surface area (Å²) in [6.45, 7) is 6.67. The largest absolute Gasteiger partial charge is 0.326 e. The molecule has 0 aliphatic heterocycles. The minimum absolute atomic E-state index is 0.185. The van der Waals surface area contributed by atoms with Gasteiger partial charge >= 0.3 is 0 Å². The molecule has 1 aromatic heterocycles. The fourth-order valence-electron chi connectivity index (χ4n) is 3.75.